The van der Waals surface area contributed by atoms with Crippen LogP contribution in [0.4, 0.5) is 0 Å². The van der Waals surface area contributed by atoms with Gasteiger partial charge < -0.3 is 15.1 Å². The molecule has 1 unspecified atom stereocenters. The standard InChI is InChI=1S/C15H27N3O2/c1-3-7-16-13(12-5-6-12)9-18-11-14(19)17(8-4-2)10-15(18)20/h12-13,16H,3-11H2,1-2H3. The summed E-state index contributed by atoms with van der Waals surface area (Å²) in [5.74, 6) is 0.886. The molecule has 0 spiro atoms. The van der Waals surface area contributed by atoms with Crippen molar-refractivity contribution in [2.45, 2.75) is 45.6 Å². The van der Waals surface area contributed by atoms with E-state index in [1.54, 1.807) is 9.80 Å². The number of nitrogens with zero attached hydrogens (tertiary/aromatic N) is 2. The topological polar surface area (TPSA) is 52.7 Å². The summed E-state index contributed by atoms with van der Waals surface area (Å²) in [6.45, 7) is 7.07. The van der Waals surface area contributed by atoms with Crippen LogP contribution in [-0.4, -0.2) is 60.4 Å². The summed E-state index contributed by atoms with van der Waals surface area (Å²) in [7, 11) is 0. The van der Waals surface area contributed by atoms with E-state index in [0.717, 1.165) is 19.4 Å². The molecule has 1 heterocycles. The highest BCUT2D eigenvalue weighted by Gasteiger charge is 2.36. The van der Waals surface area contributed by atoms with E-state index in [-0.39, 0.29) is 24.9 Å². The molecule has 1 saturated heterocycles. The van der Waals surface area contributed by atoms with Crippen LogP contribution < -0.4 is 5.32 Å². The van der Waals surface area contributed by atoms with Gasteiger partial charge in [-0.2, -0.15) is 0 Å². The van der Waals surface area contributed by atoms with Crippen LogP contribution in [0.15, 0.2) is 0 Å². The van der Waals surface area contributed by atoms with E-state index < -0.39 is 0 Å². The van der Waals surface area contributed by atoms with E-state index in [4.69, 9.17) is 0 Å². The van der Waals surface area contributed by atoms with Gasteiger partial charge in [0, 0.05) is 19.1 Å². The Kier molecular flexibility index (Phi) is 5.40. The van der Waals surface area contributed by atoms with Crippen molar-refractivity contribution in [2.75, 3.05) is 32.7 Å². The van der Waals surface area contributed by atoms with E-state index in [0.29, 0.717) is 25.0 Å². The number of hydrogen-bond acceptors (Lipinski definition) is 3. The molecular weight excluding hydrogens is 254 g/mol. The fourth-order valence-corrected chi connectivity index (χ4v) is 2.79. The number of nitrogens with one attached hydrogen (secondary N) is 1. The molecule has 2 fully saturated rings. The maximum absolute atomic E-state index is 12.2. The number of amides is 2. The van der Waals surface area contributed by atoms with Crippen LogP contribution in [0, 0.1) is 5.92 Å². The molecular formula is C15H27N3O2. The number of carbonyl (C=O) groups is 2. The van der Waals surface area contributed by atoms with Crippen LogP contribution in [0.5, 0.6) is 0 Å². The van der Waals surface area contributed by atoms with Crippen molar-refractivity contribution in [3.8, 4) is 0 Å². The van der Waals surface area contributed by atoms with Crippen LogP contribution in [0.3, 0.4) is 0 Å². The van der Waals surface area contributed by atoms with E-state index in [1.807, 2.05) is 6.92 Å². The Balaban J connectivity index is 1.88. The van der Waals surface area contributed by atoms with Gasteiger partial charge in [0.15, 0.2) is 0 Å². The van der Waals surface area contributed by atoms with Gasteiger partial charge in [0.1, 0.15) is 0 Å². The van der Waals surface area contributed by atoms with Crippen LogP contribution >= 0.6 is 0 Å². The fraction of sp³-hybridized carbons (Fsp3) is 0.867. The fourth-order valence-electron chi connectivity index (χ4n) is 2.79. The second-order valence-electron chi connectivity index (χ2n) is 5.99. The van der Waals surface area contributed by atoms with Crippen LogP contribution in [0.25, 0.3) is 0 Å². The Morgan fingerprint density at radius 3 is 2.35 bits per heavy atom. The molecule has 1 saturated carbocycles. The molecule has 0 aromatic rings. The van der Waals surface area contributed by atoms with Crippen molar-refractivity contribution in [3.63, 3.8) is 0 Å². The number of carbonyl (C=O) groups excluding carboxylic acids is 2. The number of rotatable bonds is 8. The maximum atomic E-state index is 12.2. The molecule has 20 heavy (non-hydrogen) atoms. The quantitative estimate of drug-likeness (QED) is 0.717. The van der Waals surface area contributed by atoms with Crippen molar-refractivity contribution in [3.05, 3.63) is 0 Å². The van der Waals surface area contributed by atoms with Gasteiger partial charge in [-0.3, -0.25) is 9.59 Å². The molecule has 2 rings (SSSR count). The van der Waals surface area contributed by atoms with Crippen molar-refractivity contribution in [2.24, 2.45) is 5.92 Å². The minimum Gasteiger partial charge on any atom is -0.332 e. The summed E-state index contributed by atoms with van der Waals surface area (Å²) < 4.78 is 0. The molecule has 1 aliphatic heterocycles. The zero-order valence-electron chi connectivity index (χ0n) is 12.7. The molecule has 0 radical (unpaired) electrons. The van der Waals surface area contributed by atoms with Crippen LogP contribution in [-0.2, 0) is 9.59 Å². The minimum atomic E-state index is 0.0940. The highest BCUT2D eigenvalue weighted by Crippen LogP contribution is 2.33. The molecule has 0 aromatic carbocycles. The predicted molar refractivity (Wildman–Crippen MR) is 78.3 cm³/mol. The summed E-state index contributed by atoms with van der Waals surface area (Å²) in [6.07, 6.45) is 4.50. The maximum Gasteiger partial charge on any atom is 0.242 e. The molecule has 114 valence electrons. The largest absolute Gasteiger partial charge is 0.332 e. The lowest BCUT2D eigenvalue weighted by Gasteiger charge is -2.36. The number of hydrogen-bond donors (Lipinski definition) is 1. The van der Waals surface area contributed by atoms with Crippen LogP contribution in [0.2, 0.25) is 0 Å². The van der Waals surface area contributed by atoms with Gasteiger partial charge in [0.25, 0.3) is 0 Å². The summed E-state index contributed by atoms with van der Waals surface area (Å²) in [6, 6.07) is 0.365. The third-order valence-electron chi connectivity index (χ3n) is 4.12. The monoisotopic (exact) mass is 281 g/mol. The highest BCUT2D eigenvalue weighted by atomic mass is 16.2. The highest BCUT2D eigenvalue weighted by molar-refractivity contribution is 5.92. The van der Waals surface area contributed by atoms with Gasteiger partial charge in [-0.1, -0.05) is 13.8 Å². The first kappa shape index (κ1) is 15.3. The zero-order chi connectivity index (χ0) is 14.5. The molecule has 5 nitrogen and oxygen atoms in total. The molecule has 2 amide bonds. The smallest absolute Gasteiger partial charge is 0.242 e. The minimum absolute atomic E-state index is 0.0940. The average molecular weight is 281 g/mol. The predicted octanol–water partition coefficient (Wildman–Crippen LogP) is 0.845. The van der Waals surface area contributed by atoms with Gasteiger partial charge in [0.2, 0.25) is 11.8 Å². The summed E-state index contributed by atoms with van der Waals surface area (Å²) >= 11 is 0. The number of piperazine rings is 1. The van der Waals surface area contributed by atoms with E-state index >= 15 is 0 Å². The van der Waals surface area contributed by atoms with Gasteiger partial charge in [-0.15, -0.1) is 0 Å². The summed E-state index contributed by atoms with van der Waals surface area (Å²) in [4.78, 5) is 27.6. The first-order chi connectivity index (χ1) is 9.65. The summed E-state index contributed by atoms with van der Waals surface area (Å²) in [5.41, 5.74) is 0. The SMILES string of the molecule is CCCNC(CN1CC(=O)N(CCC)CC1=O)C1CC1. The van der Waals surface area contributed by atoms with Crippen molar-refractivity contribution < 1.29 is 9.59 Å². The lowest BCUT2D eigenvalue weighted by molar-refractivity contribution is -0.150. The Labute approximate surface area is 121 Å². The molecule has 1 atom stereocenters. The normalized spacial score (nSPS) is 21.5. The molecule has 1 aliphatic carbocycles. The van der Waals surface area contributed by atoms with Gasteiger partial charge >= 0.3 is 0 Å². The van der Waals surface area contributed by atoms with Crippen molar-refractivity contribution in [1.29, 1.82) is 0 Å². The second kappa shape index (κ2) is 7.07. The Morgan fingerprint density at radius 2 is 1.75 bits per heavy atom. The summed E-state index contributed by atoms with van der Waals surface area (Å²) in [5, 5.41) is 3.53. The molecule has 0 aromatic heterocycles. The van der Waals surface area contributed by atoms with E-state index in [9.17, 15) is 9.59 Å². The van der Waals surface area contributed by atoms with Crippen molar-refractivity contribution in [1.82, 2.24) is 15.1 Å². The van der Waals surface area contributed by atoms with Gasteiger partial charge in [-0.25, -0.2) is 0 Å². The molecule has 0 bridgehead atoms. The van der Waals surface area contributed by atoms with E-state index in [1.165, 1.54) is 12.8 Å². The van der Waals surface area contributed by atoms with Crippen molar-refractivity contribution >= 4 is 11.8 Å². The first-order valence-corrected chi connectivity index (χ1v) is 7.94. The Bertz CT molecular complexity index is 355. The lowest BCUT2D eigenvalue weighted by Crippen LogP contribution is -2.57. The van der Waals surface area contributed by atoms with Crippen LogP contribution in [0.1, 0.15) is 39.5 Å². The Morgan fingerprint density at radius 1 is 1.10 bits per heavy atom. The Hall–Kier alpha value is -1.10. The molecule has 1 N–H and O–H groups in total. The zero-order valence-corrected chi connectivity index (χ0v) is 12.7. The van der Waals surface area contributed by atoms with Gasteiger partial charge in [-0.05, 0) is 38.1 Å². The average Bonchev–Trinajstić information content (AvgIpc) is 3.24. The third kappa shape index (κ3) is 3.95. The molecule has 2 aliphatic rings. The lowest BCUT2D eigenvalue weighted by atomic mass is 10.1. The molecule has 5 heteroatoms. The van der Waals surface area contributed by atoms with Gasteiger partial charge in [0.05, 0.1) is 13.1 Å². The first-order valence-electron chi connectivity index (χ1n) is 7.94. The second-order valence-corrected chi connectivity index (χ2v) is 5.99. The third-order valence-corrected chi connectivity index (χ3v) is 4.12. The van der Waals surface area contributed by atoms with E-state index in [2.05, 4.69) is 12.2 Å².